The van der Waals surface area contributed by atoms with Gasteiger partial charge in [-0.05, 0) is 49.1 Å². The molecule has 1 atom stereocenters. The second kappa shape index (κ2) is 5.64. The Morgan fingerprint density at radius 1 is 1.17 bits per heavy atom. The molecule has 2 heterocycles. The Labute approximate surface area is 141 Å². The van der Waals surface area contributed by atoms with E-state index in [0.717, 1.165) is 43.6 Å². The molecule has 2 aromatic rings. The van der Waals surface area contributed by atoms with Crippen molar-refractivity contribution in [3.05, 3.63) is 64.9 Å². The molecule has 23 heavy (non-hydrogen) atoms. The third-order valence-electron chi connectivity index (χ3n) is 5.14. The highest BCUT2D eigenvalue weighted by atomic mass is 35.5. The van der Waals surface area contributed by atoms with Crippen LogP contribution in [0.4, 0.5) is 0 Å². The van der Waals surface area contributed by atoms with Crippen molar-refractivity contribution in [2.45, 2.75) is 30.6 Å². The van der Waals surface area contributed by atoms with E-state index in [9.17, 15) is 4.79 Å². The zero-order valence-electron chi connectivity index (χ0n) is 12.9. The summed E-state index contributed by atoms with van der Waals surface area (Å²) in [6, 6.07) is 13.8. The Kier molecular flexibility index (Phi) is 3.61. The molecule has 1 aliphatic carbocycles. The van der Waals surface area contributed by atoms with E-state index in [0.29, 0.717) is 10.9 Å². The van der Waals surface area contributed by atoms with Crippen LogP contribution in [0.25, 0.3) is 0 Å². The smallest absolute Gasteiger partial charge is 0.233 e. The molecule has 2 fully saturated rings. The minimum atomic E-state index is -0.302. The fourth-order valence-corrected chi connectivity index (χ4v) is 3.75. The van der Waals surface area contributed by atoms with Gasteiger partial charge in [-0.15, -0.1) is 0 Å². The number of aromatic nitrogens is 1. The van der Waals surface area contributed by atoms with Gasteiger partial charge in [-0.3, -0.25) is 9.78 Å². The maximum absolute atomic E-state index is 13.1. The van der Waals surface area contributed by atoms with Crippen molar-refractivity contribution >= 4 is 17.5 Å². The van der Waals surface area contributed by atoms with E-state index in [1.807, 2.05) is 47.5 Å². The summed E-state index contributed by atoms with van der Waals surface area (Å²) in [5, 5.41) is 0.716. The van der Waals surface area contributed by atoms with Crippen LogP contribution < -0.4 is 0 Å². The molecule has 0 radical (unpaired) electrons. The number of benzene rings is 1. The van der Waals surface area contributed by atoms with E-state index in [1.54, 1.807) is 0 Å². The Hall–Kier alpha value is -1.87. The molecule has 0 bridgehead atoms. The summed E-state index contributed by atoms with van der Waals surface area (Å²) in [5.74, 6) is 0.638. The molecule has 1 aliphatic heterocycles. The number of carbonyl (C=O) groups is 1. The zero-order chi connectivity index (χ0) is 15.9. The number of hydrogen-bond acceptors (Lipinski definition) is 2. The van der Waals surface area contributed by atoms with Gasteiger partial charge in [0.25, 0.3) is 0 Å². The number of halogens is 1. The molecule has 1 saturated carbocycles. The second-order valence-corrected chi connectivity index (χ2v) is 7.02. The van der Waals surface area contributed by atoms with Crippen LogP contribution in [0.5, 0.6) is 0 Å². The van der Waals surface area contributed by atoms with Crippen molar-refractivity contribution in [2.24, 2.45) is 0 Å². The number of nitrogens with zero attached hydrogens (tertiary/aromatic N) is 2. The van der Waals surface area contributed by atoms with Crippen LogP contribution in [-0.4, -0.2) is 28.9 Å². The first-order chi connectivity index (χ1) is 11.2. The summed E-state index contributed by atoms with van der Waals surface area (Å²) in [7, 11) is 0. The number of likely N-dealkylation sites (tertiary alicyclic amines) is 1. The number of pyridine rings is 1. The van der Waals surface area contributed by atoms with E-state index in [1.165, 1.54) is 0 Å². The fourth-order valence-electron chi connectivity index (χ4n) is 3.63. The van der Waals surface area contributed by atoms with Crippen LogP contribution in [0.3, 0.4) is 0 Å². The van der Waals surface area contributed by atoms with Gasteiger partial charge in [0.2, 0.25) is 5.91 Å². The van der Waals surface area contributed by atoms with Gasteiger partial charge in [0.1, 0.15) is 0 Å². The van der Waals surface area contributed by atoms with Crippen molar-refractivity contribution < 1.29 is 4.79 Å². The number of hydrogen-bond donors (Lipinski definition) is 0. The summed E-state index contributed by atoms with van der Waals surface area (Å²) in [5.41, 5.74) is 1.90. The van der Waals surface area contributed by atoms with Crippen molar-refractivity contribution in [1.82, 2.24) is 9.88 Å². The van der Waals surface area contributed by atoms with Gasteiger partial charge < -0.3 is 4.90 Å². The van der Waals surface area contributed by atoms with Gasteiger partial charge in [0, 0.05) is 35.9 Å². The first-order valence-corrected chi connectivity index (χ1v) is 8.53. The molecule has 118 valence electrons. The Balaban J connectivity index is 1.51. The van der Waals surface area contributed by atoms with E-state index in [4.69, 9.17) is 11.6 Å². The lowest BCUT2D eigenvalue weighted by atomic mass is 9.94. The Morgan fingerprint density at radius 2 is 1.96 bits per heavy atom. The molecule has 0 spiro atoms. The van der Waals surface area contributed by atoms with Crippen molar-refractivity contribution in [3.8, 4) is 0 Å². The van der Waals surface area contributed by atoms with Gasteiger partial charge in [-0.2, -0.15) is 0 Å². The van der Waals surface area contributed by atoms with Crippen molar-refractivity contribution in [2.75, 3.05) is 13.1 Å². The summed E-state index contributed by atoms with van der Waals surface area (Å²) < 4.78 is 0. The van der Waals surface area contributed by atoms with Crippen LogP contribution in [-0.2, 0) is 10.2 Å². The fraction of sp³-hybridized carbons (Fsp3) is 0.368. The highest BCUT2D eigenvalue weighted by Crippen LogP contribution is 2.50. The van der Waals surface area contributed by atoms with Crippen molar-refractivity contribution in [3.63, 3.8) is 0 Å². The lowest BCUT2D eigenvalue weighted by molar-refractivity contribution is -0.132. The quantitative estimate of drug-likeness (QED) is 0.860. The van der Waals surface area contributed by atoms with Crippen LogP contribution in [0.2, 0.25) is 5.02 Å². The lowest BCUT2D eigenvalue weighted by Crippen LogP contribution is -2.37. The highest BCUT2D eigenvalue weighted by Gasteiger charge is 2.53. The minimum absolute atomic E-state index is 0.276. The predicted octanol–water partition coefficient (Wildman–Crippen LogP) is 3.78. The van der Waals surface area contributed by atoms with Crippen LogP contribution in [0.15, 0.2) is 48.7 Å². The summed E-state index contributed by atoms with van der Waals surface area (Å²) in [6.07, 6.45) is 4.71. The van der Waals surface area contributed by atoms with Gasteiger partial charge in [-0.25, -0.2) is 0 Å². The number of rotatable bonds is 3. The van der Waals surface area contributed by atoms with Crippen LogP contribution in [0.1, 0.15) is 36.4 Å². The summed E-state index contributed by atoms with van der Waals surface area (Å²) in [6.45, 7) is 1.61. The van der Waals surface area contributed by atoms with Gasteiger partial charge in [0.05, 0.1) is 5.41 Å². The van der Waals surface area contributed by atoms with E-state index in [2.05, 4.69) is 11.1 Å². The summed E-state index contributed by atoms with van der Waals surface area (Å²) >= 11 is 5.97. The molecule has 0 N–H and O–H groups in total. The first kappa shape index (κ1) is 14.7. The van der Waals surface area contributed by atoms with Crippen LogP contribution >= 0.6 is 11.6 Å². The Bertz CT molecular complexity index is 710. The lowest BCUT2D eigenvalue weighted by Gasteiger charge is -2.23. The maximum Gasteiger partial charge on any atom is 0.233 e. The molecule has 1 aromatic carbocycles. The topological polar surface area (TPSA) is 33.2 Å². The molecule has 1 amide bonds. The van der Waals surface area contributed by atoms with Gasteiger partial charge in [-0.1, -0.05) is 29.8 Å². The number of amides is 1. The molecule has 1 aromatic heterocycles. The second-order valence-electron chi connectivity index (χ2n) is 6.58. The van der Waals surface area contributed by atoms with E-state index < -0.39 is 0 Å². The minimum Gasteiger partial charge on any atom is -0.341 e. The average Bonchev–Trinajstić information content (AvgIpc) is 3.25. The molecule has 3 nitrogen and oxygen atoms in total. The standard InChI is InChI=1S/C19H19ClN2O/c20-16-6-4-15(5-7-16)19(9-10-19)18(23)22-12-8-14(13-22)17-3-1-2-11-21-17/h1-7,11,14H,8-10,12-13H2. The van der Waals surface area contributed by atoms with Gasteiger partial charge in [0.15, 0.2) is 0 Å². The molecule has 1 saturated heterocycles. The summed E-state index contributed by atoms with van der Waals surface area (Å²) in [4.78, 5) is 19.5. The molecular formula is C19H19ClN2O. The zero-order valence-corrected chi connectivity index (χ0v) is 13.7. The van der Waals surface area contributed by atoms with Gasteiger partial charge >= 0.3 is 0 Å². The molecular weight excluding hydrogens is 308 g/mol. The maximum atomic E-state index is 13.1. The molecule has 4 heteroatoms. The molecule has 1 unspecified atom stereocenters. The first-order valence-electron chi connectivity index (χ1n) is 8.15. The van der Waals surface area contributed by atoms with E-state index >= 15 is 0 Å². The van der Waals surface area contributed by atoms with E-state index in [-0.39, 0.29) is 11.3 Å². The monoisotopic (exact) mass is 326 g/mol. The SMILES string of the molecule is O=C(N1CCC(c2ccccn2)C1)C1(c2ccc(Cl)cc2)CC1. The van der Waals surface area contributed by atoms with Crippen LogP contribution in [0, 0.1) is 0 Å². The largest absolute Gasteiger partial charge is 0.341 e. The van der Waals surface area contributed by atoms with Crippen molar-refractivity contribution in [1.29, 1.82) is 0 Å². The molecule has 2 aliphatic rings. The predicted molar refractivity (Wildman–Crippen MR) is 90.5 cm³/mol. The highest BCUT2D eigenvalue weighted by molar-refractivity contribution is 6.30. The Morgan fingerprint density at radius 3 is 2.61 bits per heavy atom. The molecule has 4 rings (SSSR count). The average molecular weight is 327 g/mol. The third kappa shape index (κ3) is 2.63. The number of carbonyl (C=O) groups excluding carboxylic acids is 1. The third-order valence-corrected chi connectivity index (χ3v) is 5.39. The normalized spacial score (nSPS) is 22.1.